The highest BCUT2D eigenvalue weighted by Crippen LogP contribution is 2.33. The largest absolute Gasteiger partial charge is 0.294 e. The SMILES string of the molecule is CC(C)(C)c1nc(-c2cccc([Si](c3ccccc3)(c3ccccc3)c3ccccc3)c2)cc(-n2c3ccccc3c3ccccc32)n1. The van der Waals surface area contributed by atoms with Crippen molar-refractivity contribution in [3.63, 3.8) is 0 Å². The lowest BCUT2D eigenvalue weighted by molar-refractivity contribution is 0.544. The first-order valence-electron chi connectivity index (χ1n) is 16.6. The third-order valence-corrected chi connectivity index (χ3v) is 14.2. The second kappa shape index (κ2) is 11.9. The van der Waals surface area contributed by atoms with E-state index in [4.69, 9.17) is 9.97 Å². The molecule has 0 radical (unpaired) electrons. The van der Waals surface area contributed by atoms with Gasteiger partial charge in [-0.3, -0.25) is 4.57 Å². The molecule has 0 amide bonds. The van der Waals surface area contributed by atoms with Crippen LogP contribution < -0.4 is 20.7 Å². The van der Waals surface area contributed by atoms with E-state index in [1.807, 2.05) is 0 Å². The maximum Gasteiger partial charge on any atom is 0.179 e. The van der Waals surface area contributed by atoms with Gasteiger partial charge in [0.1, 0.15) is 11.6 Å². The van der Waals surface area contributed by atoms with Crippen LogP contribution >= 0.6 is 0 Å². The second-order valence-corrected chi connectivity index (χ2v) is 17.3. The normalized spacial score (nSPS) is 12.1. The first kappa shape index (κ1) is 29.8. The predicted octanol–water partition coefficient (Wildman–Crippen LogP) is 7.92. The fourth-order valence-corrected chi connectivity index (χ4v) is 12.0. The van der Waals surface area contributed by atoms with Crippen LogP contribution in [0.2, 0.25) is 0 Å². The van der Waals surface area contributed by atoms with Crippen molar-refractivity contribution in [1.82, 2.24) is 14.5 Å². The van der Waals surface area contributed by atoms with E-state index in [-0.39, 0.29) is 5.41 Å². The van der Waals surface area contributed by atoms with E-state index in [0.717, 1.165) is 33.9 Å². The highest BCUT2D eigenvalue weighted by molar-refractivity contribution is 7.19. The molecule has 0 atom stereocenters. The molecule has 0 aliphatic rings. The van der Waals surface area contributed by atoms with Crippen LogP contribution in [0.4, 0.5) is 0 Å². The van der Waals surface area contributed by atoms with Gasteiger partial charge in [-0.05, 0) is 32.9 Å². The molecule has 0 saturated heterocycles. The van der Waals surface area contributed by atoms with E-state index in [2.05, 4.69) is 195 Å². The van der Waals surface area contributed by atoms with Crippen molar-refractivity contribution in [2.75, 3.05) is 0 Å². The van der Waals surface area contributed by atoms with Crippen molar-refractivity contribution in [2.45, 2.75) is 26.2 Å². The number of rotatable bonds is 6. The zero-order chi connectivity index (χ0) is 32.7. The van der Waals surface area contributed by atoms with Gasteiger partial charge < -0.3 is 0 Å². The zero-order valence-corrected chi connectivity index (χ0v) is 28.5. The van der Waals surface area contributed by atoms with Crippen molar-refractivity contribution in [2.24, 2.45) is 0 Å². The number of aromatic nitrogens is 3. The Bertz CT molecular complexity index is 2220. The van der Waals surface area contributed by atoms with Gasteiger partial charge >= 0.3 is 0 Å². The van der Waals surface area contributed by atoms with Crippen molar-refractivity contribution in [1.29, 1.82) is 0 Å². The molecule has 0 fully saturated rings. The Morgan fingerprint density at radius 3 is 1.42 bits per heavy atom. The van der Waals surface area contributed by atoms with Crippen LogP contribution in [0.1, 0.15) is 26.6 Å². The molecule has 4 heteroatoms. The van der Waals surface area contributed by atoms with Crippen molar-refractivity contribution >= 4 is 50.6 Å². The Labute approximate surface area is 283 Å². The molecule has 0 spiro atoms. The number of para-hydroxylation sites is 2. The molecule has 8 rings (SSSR count). The minimum atomic E-state index is -2.70. The first-order valence-corrected chi connectivity index (χ1v) is 18.6. The van der Waals surface area contributed by atoms with E-state index in [1.54, 1.807) is 0 Å². The summed E-state index contributed by atoms with van der Waals surface area (Å²) in [6.07, 6.45) is 0. The molecule has 2 heterocycles. The summed E-state index contributed by atoms with van der Waals surface area (Å²) in [6.45, 7) is 6.57. The van der Waals surface area contributed by atoms with Gasteiger partial charge in [0.15, 0.2) is 8.07 Å². The van der Waals surface area contributed by atoms with Crippen LogP contribution in [-0.2, 0) is 5.41 Å². The van der Waals surface area contributed by atoms with Gasteiger partial charge in [-0.1, -0.05) is 172 Å². The minimum absolute atomic E-state index is 0.252. The fraction of sp³-hybridized carbons (Fsp3) is 0.0909. The molecule has 0 bridgehead atoms. The maximum atomic E-state index is 5.28. The van der Waals surface area contributed by atoms with Gasteiger partial charge in [0.2, 0.25) is 0 Å². The maximum absolute atomic E-state index is 5.28. The molecular weight excluding hydrogens is 599 g/mol. The lowest BCUT2D eigenvalue weighted by Crippen LogP contribution is -2.74. The number of benzene rings is 6. The van der Waals surface area contributed by atoms with Crippen LogP contribution in [-0.4, -0.2) is 22.6 Å². The molecule has 3 nitrogen and oxygen atoms in total. The smallest absolute Gasteiger partial charge is 0.179 e. The van der Waals surface area contributed by atoms with Crippen molar-refractivity contribution < 1.29 is 0 Å². The van der Waals surface area contributed by atoms with E-state index in [1.165, 1.54) is 31.5 Å². The van der Waals surface area contributed by atoms with E-state index < -0.39 is 8.07 Å². The van der Waals surface area contributed by atoms with Gasteiger partial charge in [-0.25, -0.2) is 9.97 Å². The van der Waals surface area contributed by atoms with Crippen molar-refractivity contribution in [3.05, 3.63) is 176 Å². The molecule has 8 aromatic rings. The molecule has 0 saturated carbocycles. The summed E-state index contributed by atoms with van der Waals surface area (Å²) in [5.41, 5.74) is 4.03. The highest BCUT2D eigenvalue weighted by atomic mass is 28.3. The first-order chi connectivity index (χ1) is 23.4. The molecular formula is C44H37N3Si. The number of hydrogen-bond donors (Lipinski definition) is 0. The molecule has 2 aromatic heterocycles. The summed E-state index contributed by atoms with van der Waals surface area (Å²) < 4.78 is 2.30. The Hall–Kier alpha value is -5.58. The van der Waals surface area contributed by atoms with E-state index in [0.29, 0.717) is 0 Å². The predicted molar refractivity (Wildman–Crippen MR) is 204 cm³/mol. The van der Waals surface area contributed by atoms with Gasteiger partial charge in [0.05, 0.1) is 16.7 Å². The zero-order valence-electron chi connectivity index (χ0n) is 27.5. The highest BCUT2D eigenvalue weighted by Gasteiger charge is 2.41. The Kier molecular flexibility index (Phi) is 7.38. The lowest BCUT2D eigenvalue weighted by Gasteiger charge is -2.34. The van der Waals surface area contributed by atoms with Gasteiger partial charge in [0.25, 0.3) is 0 Å². The summed E-state index contributed by atoms with van der Waals surface area (Å²) in [5, 5.41) is 7.81. The third kappa shape index (κ3) is 4.97. The van der Waals surface area contributed by atoms with Crippen LogP contribution in [0.25, 0.3) is 38.9 Å². The van der Waals surface area contributed by atoms with Gasteiger partial charge in [0, 0.05) is 27.8 Å². The van der Waals surface area contributed by atoms with Crippen LogP contribution in [0, 0.1) is 0 Å². The molecule has 0 aliphatic carbocycles. The van der Waals surface area contributed by atoms with E-state index in [9.17, 15) is 0 Å². The second-order valence-electron chi connectivity index (χ2n) is 13.5. The molecule has 6 aromatic carbocycles. The molecule has 0 N–H and O–H groups in total. The topological polar surface area (TPSA) is 30.7 Å². The summed E-state index contributed by atoms with van der Waals surface area (Å²) in [4.78, 5) is 10.5. The third-order valence-electron chi connectivity index (χ3n) is 9.40. The standard InChI is InChI=1S/C44H37N3Si/c1-44(2,3)43-45-39(31-42(46-43)47-40-28-15-13-26-37(40)38-27-14-16-29-41(38)47)32-18-17-25-36(30-32)48(33-19-7-4-8-20-33,34-21-9-5-10-22-34)35-23-11-6-12-24-35/h4-31H,1-3H3. The molecule has 0 unspecified atom stereocenters. The Balaban J connectivity index is 1.40. The van der Waals surface area contributed by atoms with E-state index >= 15 is 0 Å². The number of fused-ring (bicyclic) bond motifs is 3. The summed E-state index contributed by atoms with van der Waals surface area (Å²) in [5.74, 6) is 1.70. The molecule has 0 aliphatic heterocycles. The fourth-order valence-electron chi connectivity index (χ4n) is 7.18. The summed E-state index contributed by atoms with van der Waals surface area (Å²) in [7, 11) is -2.70. The van der Waals surface area contributed by atoms with Gasteiger partial charge in [-0.15, -0.1) is 0 Å². The quantitative estimate of drug-likeness (QED) is 0.137. The monoisotopic (exact) mass is 635 g/mol. The molecule has 232 valence electrons. The van der Waals surface area contributed by atoms with Crippen LogP contribution in [0.15, 0.2) is 170 Å². The van der Waals surface area contributed by atoms with Gasteiger partial charge in [-0.2, -0.15) is 0 Å². The lowest BCUT2D eigenvalue weighted by atomic mass is 9.95. The molecule has 48 heavy (non-hydrogen) atoms. The number of nitrogens with zero attached hydrogens (tertiary/aromatic N) is 3. The summed E-state index contributed by atoms with van der Waals surface area (Å²) >= 11 is 0. The minimum Gasteiger partial charge on any atom is -0.294 e. The summed E-state index contributed by atoms with van der Waals surface area (Å²) in [6, 6.07) is 61.7. The van der Waals surface area contributed by atoms with Crippen molar-refractivity contribution in [3.8, 4) is 17.1 Å². The van der Waals surface area contributed by atoms with Crippen LogP contribution in [0.3, 0.4) is 0 Å². The average Bonchev–Trinajstić information content (AvgIpc) is 3.47. The average molecular weight is 636 g/mol. The Morgan fingerprint density at radius 2 is 0.917 bits per heavy atom. The number of hydrogen-bond acceptors (Lipinski definition) is 2. The van der Waals surface area contributed by atoms with Crippen LogP contribution in [0.5, 0.6) is 0 Å². The Morgan fingerprint density at radius 1 is 0.458 bits per heavy atom.